The maximum Gasteiger partial charge on any atom is 0.262 e. The molecule has 170 valence electrons. The highest BCUT2D eigenvalue weighted by atomic mass is 35.5. The minimum Gasteiger partial charge on any atom is -0.511 e. The minimum atomic E-state index is -0.838. The number of morpholine rings is 1. The fraction of sp³-hybridized carbons (Fsp3) is 0.240. The number of carbonyl (C=O) groups is 1. The van der Waals surface area contributed by atoms with Gasteiger partial charge in [0.25, 0.3) is 5.91 Å². The summed E-state index contributed by atoms with van der Waals surface area (Å²) in [7, 11) is 0. The van der Waals surface area contributed by atoms with Crippen molar-refractivity contribution in [2.24, 2.45) is 0 Å². The Bertz CT molecular complexity index is 1170. The van der Waals surface area contributed by atoms with E-state index in [9.17, 15) is 9.90 Å². The summed E-state index contributed by atoms with van der Waals surface area (Å²) in [5, 5.41) is 18.9. The third kappa shape index (κ3) is 4.38. The van der Waals surface area contributed by atoms with Crippen molar-refractivity contribution in [3.63, 3.8) is 0 Å². The van der Waals surface area contributed by atoms with Crippen molar-refractivity contribution in [1.82, 2.24) is 5.32 Å². The fourth-order valence-electron chi connectivity index (χ4n) is 4.30. The first-order chi connectivity index (χ1) is 16.1. The average molecular weight is 499 g/mol. The van der Waals surface area contributed by atoms with Crippen LogP contribution in [0.3, 0.4) is 0 Å². The van der Waals surface area contributed by atoms with Crippen LogP contribution in [0.15, 0.2) is 80.9 Å². The Hall–Kier alpha value is -2.45. The summed E-state index contributed by atoms with van der Waals surface area (Å²) >= 11 is 9.04. The Morgan fingerprint density at radius 1 is 1.06 bits per heavy atom. The minimum absolute atomic E-state index is 0.0622. The zero-order valence-corrected chi connectivity index (χ0v) is 20.2. The van der Waals surface area contributed by atoms with E-state index in [1.165, 1.54) is 11.8 Å². The number of thioether (sulfide) groups is 1. The molecule has 0 aliphatic carbocycles. The number of benzene rings is 2. The van der Waals surface area contributed by atoms with Gasteiger partial charge in [0.15, 0.2) is 0 Å². The van der Waals surface area contributed by atoms with E-state index in [4.69, 9.17) is 16.3 Å². The van der Waals surface area contributed by atoms with Gasteiger partial charge in [0.1, 0.15) is 10.7 Å². The molecule has 5 rings (SSSR count). The smallest absolute Gasteiger partial charge is 0.262 e. The first-order valence-corrected chi connectivity index (χ1v) is 12.8. The molecule has 1 atom stereocenters. The lowest BCUT2D eigenvalue weighted by atomic mass is 9.79. The van der Waals surface area contributed by atoms with Crippen molar-refractivity contribution in [2.75, 3.05) is 31.2 Å². The van der Waals surface area contributed by atoms with Crippen LogP contribution < -0.4 is 10.2 Å². The summed E-state index contributed by atoms with van der Waals surface area (Å²) in [6.07, 6.45) is 0.263. The predicted molar refractivity (Wildman–Crippen MR) is 134 cm³/mol. The largest absolute Gasteiger partial charge is 0.511 e. The van der Waals surface area contributed by atoms with Crippen molar-refractivity contribution in [3.05, 3.63) is 92.2 Å². The number of amides is 1. The number of rotatable bonds is 5. The number of hydrogen-bond acceptors (Lipinski definition) is 6. The second-order valence-corrected chi connectivity index (χ2v) is 10.2. The van der Waals surface area contributed by atoms with Gasteiger partial charge in [-0.2, -0.15) is 11.3 Å². The number of thiophene rings is 1. The van der Waals surface area contributed by atoms with Gasteiger partial charge in [-0.05, 0) is 52.2 Å². The number of aliphatic hydroxyl groups is 1. The van der Waals surface area contributed by atoms with Crippen LogP contribution in [-0.2, 0) is 15.1 Å². The van der Waals surface area contributed by atoms with Crippen molar-refractivity contribution in [1.29, 1.82) is 0 Å². The second kappa shape index (κ2) is 9.43. The molecule has 0 radical (unpaired) electrons. The molecule has 0 unspecified atom stereocenters. The first-order valence-electron chi connectivity index (χ1n) is 10.7. The number of anilines is 1. The van der Waals surface area contributed by atoms with Gasteiger partial charge in [0.05, 0.1) is 23.8 Å². The van der Waals surface area contributed by atoms with Crippen molar-refractivity contribution >= 4 is 46.3 Å². The lowest BCUT2D eigenvalue weighted by molar-refractivity contribution is -0.119. The van der Waals surface area contributed by atoms with Crippen LogP contribution in [0.4, 0.5) is 5.69 Å². The number of ether oxygens (including phenoxy) is 1. The zero-order chi connectivity index (χ0) is 22.8. The Balaban J connectivity index is 1.50. The number of halogens is 1. The highest BCUT2D eigenvalue weighted by Gasteiger charge is 2.43. The molecule has 1 fully saturated rings. The highest BCUT2D eigenvalue weighted by Crippen LogP contribution is 2.44. The van der Waals surface area contributed by atoms with Gasteiger partial charge >= 0.3 is 0 Å². The lowest BCUT2D eigenvalue weighted by Crippen LogP contribution is -2.50. The summed E-state index contributed by atoms with van der Waals surface area (Å²) in [5.41, 5.74) is 2.17. The molecule has 2 N–H and O–H groups in total. The molecule has 2 aliphatic rings. The second-order valence-electron chi connectivity index (χ2n) is 8.00. The number of nitrogens with zero attached hydrogens (tertiary/aromatic N) is 1. The van der Waals surface area contributed by atoms with Gasteiger partial charge in [-0.25, -0.2) is 0 Å². The molecule has 5 nitrogen and oxygen atoms in total. The van der Waals surface area contributed by atoms with E-state index in [0.29, 0.717) is 5.02 Å². The van der Waals surface area contributed by atoms with Gasteiger partial charge < -0.3 is 20.1 Å². The molecule has 33 heavy (non-hydrogen) atoms. The van der Waals surface area contributed by atoms with E-state index in [1.807, 2.05) is 47.2 Å². The Labute approximate surface area is 206 Å². The van der Waals surface area contributed by atoms with E-state index in [2.05, 4.69) is 22.3 Å². The maximum atomic E-state index is 13.3. The van der Waals surface area contributed by atoms with Crippen molar-refractivity contribution in [2.45, 2.75) is 16.9 Å². The zero-order valence-electron chi connectivity index (χ0n) is 17.8. The number of nitrogens with one attached hydrogen (secondary N) is 1. The standard InChI is InChI=1S/C25H23ClN2O3S2/c26-20-3-1-2-4-22(20)33-23-21(29)15-25(27-24(23)30,18-9-14-32-16-18)17-5-7-19(8-6-17)28-10-12-31-13-11-28/h1-9,14,16,29H,10-13,15H2,(H,27,30)/t25-/m0/s1. The number of aliphatic hydroxyl groups excluding tert-OH is 1. The average Bonchev–Trinajstić information content (AvgIpc) is 3.39. The molecule has 3 heterocycles. The van der Waals surface area contributed by atoms with Gasteiger partial charge in [0.2, 0.25) is 0 Å². The van der Waals surface area contributed by atoms with Crippen LogP contribution in [0.1, 0.15) is 17.5 Å². The molecule has 2 aromatic carbocycles. The quantitative estimate of drug-likeness (QED) is 0.482. The first kappa shape index (κ1) is 22.3. The third-order valence-corrected chi connectivity index (χ3v) is 8.35. The topological polar surface area (TPSA) is 61.8 Å². The Kier molecular flexibility index (Phi) is 6.38. The third-order valence-electron chi connectivity index (χ3n) is 6.03. The maximum absolute atomic E-state index is 13.3. The molecule has 1 amide bonds. The summed E-state index contributed by atoms with van der Waals surface area (Å²) < 4.78 is 5.46. The molecular formula is C25H23ClN2O3S2. The Morgan fingerprint density at radius 3 is 2.48 bits per heavy atom. The summed E-state index contributed by atoms with van der Waals surface area (Å²) in [5.74, 6) is -0.251. The van der Waals surface area contributed by atoms with E-state index < -0.39 is 5.54 Å². The van der Waals surface area contributed by atoms with Crippen LogP contribution in [-0.4, -0.2) is 37.3 Å². The molecule has 0 saturated carbocycles. The molecule has 1 aromatic heterocycles. The van der Waals surface area contributed by atoms with E-state index in [1.54, 1.807) is 17.4 Å². The van der Waals surface area contributed by atoms with Crippen LogP contribution in [0, 0.1) is 0 Å². The van der Waals surface area contributed by atoms with Crippen molar-refractivity contribution in [3.8, 4) is 0 Å². The molecule has 3 aromatic rings. The fourth-order valence-corrected chi connectivity index (χ4v) is 6.15. The van der Waals surface area contributed by atoms with E-state index in [-0.39, 0.29) is 23.0 Å². The SMILES string of the molecule is O=C1N[C@@](c2ccc(N3CCOCC3)cc2)(c2ccsc2)CC(O)=C1Sc1ccccc1Cl. The molecule has 2 aliphatic heterocycles. The van der Waals surface area contributed by atoms with Crippen LogP contribution >= 0.6 is 34.7 Å². The highest BCUT2D eigenvalue weighted by molar-refractivity contribution is 8.04. The van der Waals surface area contributed by atoms with Gasteiger partial charge in [-0.15, -0.1) is 0 Å². The van der Waals surface area contributed by atoms with Crippen molar-refractivity contribution < 1.29 is 14.6 Å². The normalized spacial score (nSPS) is 21.2. The van der Waals surface area contributed by atoms with Crippen LogP contribution in [0.5, 0.6) is 0 Å². The number of carbonyl (C=O) groups excluding carboxylic acids is 1. The van der Waals surface area contributed by atoms with Gasteiger partial charge in [0, 0.05) is 30.1 Å². The summed E-state index contributed by atoms with van der Waals surface area (Å²) in [4.78, 5) is 16.6. The molecule has 0 spiro atoms. The van der Waals surface area contributed by atoms with E-state index >= 15 is 0 Å². The van der Waals surface area contributed by atoms with Gasteiger partial charge in [-0.3, -0.25) is 4.79 Å². The van der Waals surface area contributed by atoms with Crippen LogP contribution in [0.25, 0.3) is 0 Å². The molecular weight excluding hydrogens is 476 g/mol. The molecule has 8 heteroatoms. The van der Waals surface area contributed by atoms with E-state index in [0.717, 1.165) is 48.0 Å². The van der Waals surface area contributed by atoms with Gasteiger partial charge in [-0.1, -0.05) is 47.6 Å². The number of hydrogen-bond donors (Lipinski definition) is 2. The predicted octanol–water partition coefficient (Wildman–Crippen LogP) is 5.56. The summed E-state index contributed by atoms with van der Waals surface area (Å²) in [6.45, 7) is 3.16. The summed E-state index contributed by atoms with van der Waals surface area (Å²) in [6, 6.07) is 17.6. The Morgan fingerprint density at radius 2 is 1.82 bits per heavy atom. The lowest BCUT2D eigenvalue weighted by Gasteiger charge is -2.39. The van der Waals surface area contributed by atoms with Crippen LogP contribution in [0.2, 0.25) is 5.02 Å². The molecule has 1 saturated heterocycles. The molecule has 0 bridgehead atoms. The monoisotopic (exact) mass is 498 g/mol.